The van der Waals surface area contributed by atoms with Crippen molar-refractivity contribution >= 4 is 23.5 Å². The van der Waals surface area contributed by atoms with E-state index in [4.69, 9.17) is 9.97 Å². The first kappa shape index (κ1) is 20.9. The third-order valence-corrected chi connectivity index (χ3v) is 8.32. The largest absolute Gasteiger partial charge is 0.341 e. The summed E-state index contributed by atoms with van der Waals surface area (Å²) in [7, 11) is 0. The van der Waals surface area contributed by atoms with Gasteiger partial charge in [-0.3, -0.25) is 9.89 Å². The van der Waals surface area contributed by atoms with E-state index in [9.17, 15) is 4.79 Å². The predicted octanol–water partition coefficient (Wildman–Crippen LogP) is 3.78. The Morgan fingerprint density at radius 3 is 2.76 bits per heavy atom. The van der Waals surface area contributed by atoms with Crippen molar-refractivity contribution in [1.29, 1.82) is 0 Å². The fourth-order valence-electron chi connectivity index (χ4n) is 6.36. The molecule has 6 rings (SSSR count). The monoisotopic (exact) mass is 449 g/mol. The van der Waals surface area contributed by atoms with E-state index in [1.54, 1.807) is 0 Å². The average molecular weight is 450 g/mol. The van der Waals surface area contributed by atoms with Crippen molar-refractivity contribution in [2.75, 3.05) is 29.9 Å². The molecule has 3 unspecified atom stereocenters. The molecule has 2 N–H and O–H groups in total. The number of likely N-dealkylation sites (N-methyl/N-ethyl adjacent to an activating group) is 1. The number of H-pyrrole nitrogens is 1. The lowest BCUT2D eigenvalue weighted by atomic mass is 10.00. The molecule has 0 radical (unpaired) electrons. The van der Waals surface area contributed by atoms with Crippen LogP contribution in [0.1, 0.15) is 75.2 Å². The quantitative estimate of drug-likeness (QED) is 0.669. The maximum atomic E-state index is 13.2. The van der Waals surface area contributed by atoms with Crippen LogP contribution in [-0.2, 0) is 17.6 Å². The van der Waals surface area contributed by atoms with Crippen LogP contribution in [0.15, 0.2) is 6.07 Å². The molecular weight excluding hydrogens is 414 g/mol. The molecule has 1 amide bonds. The number of aromatic amines is 1. The molecule has 0 bridgehead atoms. The number of anilines is 3. The molecular formula is C25H35N7O. The van der Waals surface area contributed by atoms with E-state index in [1.165, 1.54) is 30.5 Å². The van der Waals surface area contributed by atoms with Gasteiger partial charge in [0, 0.05) is 42.9 Å². The number of amides is 1. The van der Waals surface area contributed by atoms with Crippen molar-refractivity contribution in [1.82, 2.24) is 25.1 Å². The predicted molar refractivity (Wildman–Crippen MR) is 128 cm³/mol. The molecule has 2 aromatic rings. The van der Waals surface area contributed by atoms with Gasteiger partial charge < -0.3 is 15.1 Å². The lowest BCUT2D eigenvalue weighted by Gasteiger charge is -2.29. The van der Waals surface area contributed by atoms with Crippen molar-refractivity contribution in [3.05, 3.63) is 23.0 Å². The Labute approximate surface area is 195 Å². The van der Waals surface area contributed by atoms with Crippen LogP contribution in [0.25, 0.3) is 0 Å². The van der Waals surface area contributed by atoms with E-state index in [-0.39, 0.29) is 11.9 Å². The zero-order chi connectivity index (χ0) is 22.5. The normalized spacial score (nSPS) is 27.5. The first-order valence-electron chi connectivity index (χ1n) is 12.9. The highest BCUT2D eigenvalue weighted by molar-refractivity contribution is 5.85. The highest BCUT2D eigenvalue weighted by Gasteiger charge is 2.46. The second-order valence-electron chi connectivity index (χ2n) is 10.3. The molecule has 2 aromatic heterocycles. The van der Waals surface area contributed by atoms with Gasteiger partial charge in [0.2, 0.25) is 11.9 Å². The van der Waals surface area contributed by atoms with Crippen LogP contribution in [0.4, 0.5) is 17.6 Å². The average Bonchev–Trinajstić information content (AvgIpc) is 3.39. The molecule has 176 valence electrons. The lowest BCUT2D eigenvalue weighted by Crippen LogP contribution is -2.46. The number of nitrogens with one attached hydrogen (secondary N) is 2. The van der Waals surface area contributed by atoms with Crippen molar-refractivity contribution in [2.24, 2.45) is 11.8 Å². The topological polar surface area (TPSA) is 90.0 Å². The SMILES string of the molecule is CCN(CC)C(=O)C1CCCN1c1nc2c(c(Nc3cc(C4CC5CC5C4)[nH]n3)n1)CCC2. The summed E-state index contributed by atoms with van der Waals surface area (Å²) >= 11 is 0. The molecule has 3 heterocycles. The van der Waals surface area contributed by atoms with Gasteiger partial charge in [-0.25, -0.2) is 4.98 Å². The van der Waals surface area contributed by atoms with E-state index in [0.717, 1.165) is 80.9 Å². The second kappa shape index (κ2) is 8.29. The smallest absolute Gasteiger partial charge is 0.245 e. The lowest BCUT2D eigenvalue weighted by molar-refractivity contribution is -0.132. The minimum absolute atomic E-state index is 0.164. The van der Waals surface area contributed by atoms with Gasteiger partial charge in [-0.15, -0.1) is 0 Å². The molecule has 0 aromatic carbocycles. The number of hydrogen-bond acceptors (Lipinski definition) is 6. The van der Waals surface area contributed by atoms with Crippen LogP contribution in [0.5, 0.6) is 0 Å². The molecule has 1 saturated heterocycles. The second-order valence-corrected chi connectivity index (χ2v) is 10.3. The zero-order valence-electron chi connectivity index (χ0n) is 19.8. The summed E-state index contributed by atoms with van der Waals surface area (Å²) in [5.41, 5.74) is 3.58. The fraction of sp³-hybridized carbons (Fsp3) is 0.680. The highest BCUT2D eigenvalue weighted by Crippen LogP contribution is 2.57. The first-order valence-corrected chi connectivity index (χ1v) is 12.9. The van der Waals surface area contributed by atoms with Crippen LogP contribution in [-0.4, -0.2) is 56.6 Å². The molecule has 2 saturated carbocycles. The van der Waals surface area contributed by atoms with Gasteiger partial charge in [0.15, 0.2) is 5.82 Å². The molecule has 3 aliphatic carbocycles. The summed E-state index contributed by atoms with van der Waals surface area (Å²) in [6.07, 6.45) is 8.95. The van der Waals surface area contributed by atoms with E-state index >= 15 is 0 Å². The van der Waals surface area contributed by atoms with Gasteiger partial charge in [-0.05, 0) is 77.0 Å². The summed E-state index contributed by atoms with van der Waals surface area (Å²) in [4.78, 5) is 27.1. The van der Waals surface area contributed by atoms with E-state index in [0.29, 0.717) is 11.9 Å². The number of rotatable bonds is 7. The standard InChI is InChI=1S/C25H35N7O/c1-3-31(4-2)24(33)21-9-6-10-32(21)25-26-19-8-5-7-18(19)23(28-25)27-22-14-20(29-30-22)17-12-15-11-16(15)13-17/h14-17,21H,3-13H2,1-2H3,(H2,26,27,28,29,30). The number of nitrogens with zero attached hydrogens (tertiary/aromatic N) is 5. The van der Waals surface area contributed by atoms with Crippen molar-refractivity contribution < 1.29 is 4.79 Å². The summed E-state index contributed by atoms with van der Waals surface area (Å²) in [5.74, 6) is 5.11. The van der Waals surface area contributed by atoms with Gasteiger partial charge >= 0.3 is 0 Å². The zero-order valence-corrected chi connectivity index (χ0v) is 19.8. The van der Waals surface area contributed by atoms with Gasteiger partial charge in [0.25, 0.3) is 0 Å². The number of carbonyl (C=O) groups is 1. The van der Waals surface area contributed by atoms with Crippen molar-refractivity contribution in [3.63, 3.8) is 0 Å². The van der Waals surface area contributed by atoms with Crippen LogP contribution >= 0.6 is 0 Å². The Balaban J connectivity index is 1.25. The maximum Gasteiger partial charge on any atom is 0.245 e. The van der Waals surface area contributed by atoms with Gasteiger partial charge in [-0.2, -0.15) is 10.1 Å². The summed E-state index contributed by atoms with van der Waals surface area (Å²) in [6.45, 7) is 6.39. The Morgan fingerprint density at radius 1 is 1.15 bits per heavy atom. The van der Waals surface area contributed by atoms with Gasteiger partial charge in [-0.1, -0.05) is 0 Å². The van der Waals surface area contributed by atoms with Crippen molar-refractivity contribution in [2.45, 2.75) is 77.2 Å². The molecule has 33 heavy (non-hydrogen) atoms. The number of aryl methyl sites for hydroxylation is 1. The minimum atomic E-state index is -0.164. The fourth-order valence-corrected chi connectivity index (χ4v) is 6.36. The van der Waals surface area contributed by atoms with Crippen molar-refractivity contribution in [3.8, 4) is 0 Å². The van der Waals surface area contributed by atoms with Gasteiger partial charge in [0.1, 0.15) is 11.9 Å². The van der Waals surface area contributed by atoms with E-state index in [1.807, 2.05) is 18.7 Å². The molecule has 0 spiro atoms. The Hall–Kier alpha value is -2.64. The molecule has 8 nitrogen and oxygen atoms in total. The van der Waals surface area contributed by atoms with Crippen LogP contribution in [0.2, 0.25) is 0 Å². The summed E-state index contributed by atoms with van der Waals surface area (Å²) in [5, 5.41) is 11.4. The minimum Gasteiger partial charge on any atom is -0.341 e. The number of aromatic nitrogens is 4. The Kier molecular flexibility index (Phi) is 5.26. The molecule has 3 fully saturated rings. The van der Waals surface area contributed by atoms with Crippen LogP contribution < -0.4 is 10.2 Å². The van der Waals surface area contributed by atoms with Crippen LogP contribution in [0, 0.1) is 11.8 Å². The number of fused-ring (bicyclic) bond motifs is 2. The third-order valence-electron chi connectivity index (χ3n) is 8.32. The van der Waals surface area contributed by atoms with E-state index < -0.39 is 0 Å². The van der Waals surface area contributed by atoms with Crippen LogP contribution in [0.3, 0.4) is 0 Å². The maximum absolute atomic E-state index is 13.2. The first-order chi connectivity index (χ1) is 16.1. The Morgan fingerprint density at radius 2 is 1.97 bits per heavy atom. The highest BCUT2D eigenvalue weighted by atomic mass is 16.2. The molecule has 3 atom stereocenters. The number of hydrogen-bond donors (Lipinski definition) is 2. The molecule has 4 aliphatic rings. The van der Waals surface area contributed by atoms with E-state index in [2.05, 4.69) is 26.5 Å². The third kappa shape index (κ3) is 3.77. The summed E-state index contributed by atoms with van der Waals surface area (Å²) < 4.78 is 0. The van der Waals surface area contributed by atoms with Gasteiger partial charge in [0.05, 0.1) is 5.69 Å². The number of carbonyl (C=O) groups excluding carboxylic acids is 1. The summed E-state index contributed by atoms with van der Waals surface area (Å²) in [6, 6.07) is 2.00. The molecule has 8 heteroatoms. The Bertz CT molecular complexity index is 1040. The molecule has 1 aliphatic heterocycles.